The summed E-state index contributed by atoms with van der Waals surface area (Å²) >= 11 is 0. The molecule has 0 spiro atoms. The third kappa shape index (κ3) is 4.44. The molecule has 4 rings (SSSR count). The SMILES string of the molecule is NC(=O)c1cnc(Nc2ccc(C3CCOCC3)cc2)cc1NC1CCCC1. The molecule has 4 N–H and O–H groups in total. The van der Waals surface area contributed by atoms with Crippen LogP contribution in [0.15, 0.2) is 36.5 Å². The number of rotatable bonds is 6. The number of anilines is 3. The van der Waals surface area contributed by atoms with E-state index in [1.807, 2.05) is 6.07 Å². The smallest absolute Gasteiger partial charge is 0.252 e. The van der Waals surface area contributed by atoms with E-state index in [2.05, 4.69) is 39.9 Å². The van der Waals surface area contributed by atoms with Crippen LogP contribution in [-0.4, -0.2) is 30.1 Å². The highest BCUT2D eigenvalue weighted by Gasteiger charge is 2.19. The summed E-state index contributed by atoms with van der Waals surface area (Å²) < 4.78 is 5.45. The fourth-order valence-corrected chi connectivity index (χ4v) is 4.15. The Morgan fingerprint density at radius 2 is 1.79 bits per heavy atom. The van der Waals surface area contributed by atoms with E-state index in [9.17, 15) is 4.79 Å². The quantitative estimate of drug-likeness (QED) is 0.700. The topological polar surface area (TPSA) is 89.3 Å². The predicted molar refractivity (Wildman–Crippen MR) is 111 cm³/mol. The summed E-state index contributed by atoms with van der Waals surface area (Å²) in [7, 11) is 0. The van der Waals surface area contributed by atoms with Gasteiger partial charge in [-0.2, -0.15) is 0 Å². The van der Waals surface area contributed by atoms with Crippen molar-refractivity contribution in [1.29, 1.82) is 0 Å². The van der Waals surface area contributed by atoms with Gasteiger partial charge in [-0.05, 0) is 49.3 Å². The van der Waals surface area contributed by atoms with E-state index >= 15 is 0 Å². The van der Waals surface area contributed by atoms with Gasteiger partial charge in [-0.25, -0.2) is 4.98 Å². The molecule has 6 nitrogen and oxygen atoms in total. The molecule has 28 heavy (non-hydrogen) atoms. The second-order valence-corrected chi connectivity index (χ2v) is 7.74. The Hall–Kier alpha value is -2.60. The third-order valence-corrected chi connectivity index (χ3v) is 5.76. The molecule has 0 atom stereocenters. The van der Waals surface area contributed by atoms with E-state index < -0.39 is 5.91 Å². The van der Waals surface area contributed by atoms with Crippen molar-refractivity contribution in [1.82, 2.24) is 4.98 Å². The van der Waals surface area contributed by atoms with Crippen molar-refractivity contribution in [3.8, 4) is 0 Å². The third-order valence-electron chi connectivity index (χ3n) is 5.76. The number of nitrogens with two attached hydrogens (primary N) is 1. The molecule has 2 heterocycles. The van der Waals surface area contributed by atoms with Gasteiger partial charge in [0.25, 0.3) is 5.91 Å². The lowest BCUT2D eigenvalue weighted by atomic mass is 9.92. The molecule has 1 aromatic heterocycles. The fourth-order valence-electron chi connectivity index (χ4n) is 4.15. The standard InChI is InChI=1S/C22H28N4O2/c23-22(27)19-14-24-21(13-20(19)25-17-3-1-2-4-17)26-18-7-5-15(6-8-18)16-9-11-28-12-10-16/h5-8,13-14,16-17H,1-4,9-12H2,(H2,23,27)(H2,24,25,26). The monoisotopic (exact) mass is 380 g/mol. The number of carbonyl (C=O) groups excluding carboxylic acids is 1. The second kappa shape index (κ2) is 8.61. The maximum absolute atomic E-state index is 11.8. The Labute approximate surface area is 165 Å². The predicted octanol–water partition coefficient (Wildman–Crippen LogP) is 4.17. The molecule has 0 bridgehead atoms. The molecular weight excluding hydrogens is 352 g/mol. The van der Waals surface area contributed by atoms with Crippen LogP contribution in [0.2, 0.25) is 0 Å². The lowest BCUT2D eigenvalue weighted by molar-refractivity contribution is 0.0853. The highest BCUT2D eigenvalue weighted by Crippen LogP contribution is 2.29. The van der Waals surface area contributed by atoms with E-state index in [4.69, 9.17) is 10.5 Å². The van der Waals surface area contributed by atoms with Crippen molar-refractivity contribution in [2.45, 2.75) is 50.5 Å². The lowest BCUT2D eigenvalue weighted by Crippen LogP contribution is -2.20. The summed E-state index contributed by atoms with van der Waals surface area (Å²) in [5.74, 6) is 0.822. The molecule has 148 valence electrons. The second-order valence-electron chi connectivity index (χ2n) is 7.74. The van der Waals surface area contributed by atoms with Gasteiger partial charge in [0.05, 0.1) is 11.3 Å². The molecule has 1 amide bonds. The molecule has 2 aromatic rings. The number of primary amides is 1. The van der Waals surface area contributed by atoms with Crippen LogP contribution in [0.1, 0.15) is 60.4 Å². The number of hydrogen-bond acceptors (Lipinski definition) is 5. The first kappa shape index (κ1) is 18.7. The van der Waals surface area contributed by atoms with Crippen LogP contribution in [0, 0.1) is 0 Å². The zero-order valence-electron chi connectivity index (χ0n) is 16.1. The first-order chi connectivity index (χ1) is 13.7. The molecule has 1 saturated carbocycles. The summed E-state index contributed by atoms with van der Waals surface area (Å²) in [6.45, 7) is 1.69. The average Bonchev–Trinajstić information content (AvgIpc) is 3.22. The molecular formula is C22H28N4O2. The first-order valence-corrected chi connectivity index (χ1v) is 10.2. The zero-order chi connectivity index (χ0) is 19.3. The number of pyridine rings is 1. The van der Waals surface area contributed by atoms with Gasteiger partial charge >= 0.3 is 0 Å². The number of ether oxygens (including phenoxy) is 1. The zero-order valence-corrected chi connectivity index (χ0v) is 16.1. The van der Waals surface area contributed by atoms with Crippen LogP contribution in [0.25, 0.3) is 0 Å². The van der Waals surface area contributed by atoms with E-state index in [-0.39, 0.29) is 0 Å². The van der Waals surface area contributed by atoms with E-state index in [0.717, 1.165) is 50.3 Å². The van der Waals surface area contributed by atoms with E-state index in [0.29, 0.717) is 23.3 Å². The fraction of sp³-hybridized carbons (Fsp3) is 0.455. The largest absolute Gasteiger partial charge is 0.382 e. The molecule has 0 radical (unpaired) electrons. The average molecular weight is 380 g/mol. The highest BCUT2D eigenvalue weighted by molar-refractivity contribution is 5.98. The van der Waals surface area contributed by atoms with E-state index in [1.54, 1.807) is 6.20 Å². The van der Waals surface area contributed by atoms with Crippen LogP contribution in [-0.2, 0) is 4.74 Å². The van der Waals surface area contributed by atoms with Crippen molar-refractivity contribution in [2.24, 2.45) is 5.73 Å². The van der Waals surface area contributed by atoms with Gasteiger partial charge in [-0.1, -0.05) is 25.0 Å². The molecule has 1 aromatic carbocycles. The first-order valence-electron chi connectivity index (χ1n) is 10.2. The summed E-state index contributed by atoms with van der Waals surface area (Å²) in [5.41, 5.74) is 9.06. The highest BCUT2D eigenvalue weighted by atomic mass is 16.5. The van der Waals surface area contributed by atoms with Gasteiger partial charge < -0.3 is 21.1 Å². The van der Waals surface area contributed by atoms with Crippen LogP contribution in [0.4, 0.5) is 17.2 Å². The number of nitrogens with one attached hydrogen (secondary N) is 2. The number of aromatic nitrogens is 1. The van der Waals surface area contributed by atoms with Crippen LogP contribution in [0.3, 0.4) is 0 Å². The van der Waals surface area contributed by atoms with Gasteiger partial charge in [0.1, 0.15) is 5.82 Å². The molecule has 1 aliphatic carbocycles. The van der Waals surface area contributed by atoms with Crippen LogP contribution < -0.4 is 16.4 Å². The molecule has 2 fully saturated rings. The van der Waals surface area contributed by atoms with Crippen LogP contribution in [0.5, 0.6) is 0 Å². The molecule has 2 aliphatic rings. The summed E-state index contributed by atoms with van der Waals surface area (Å²) in [6.07, 6.45) is 8.41. The van der Waals surface area contributed by atoms with Gasteiger partial charge in [-0.15, -0.1) is 0 Å². The minimum absolute atomic E-state index is 0.395. The Kier molecular flexibility index (Phi) is 5.76. The van der Waals surface area contributed by atoms with E-state index in [1.165, 1.54) is 18.4 Å². The summed E-state index contributed by atoms with van der Waals surface area (Å²) in [6, 6.07) is 10.8. The van der Waals surface area contributed by atoms with Crippen molar-refractivity contribution in [3.05, 3.63) is 47.7 Å². The Bertz CT molecular complexity index is 810. The Morgan fingerprint density at radius 1 is 1.07 bits per heavy atom. The van der Waals surface area contributed by atoms with Crippen LogP contribution >= 0.6 is 0 Å². The minimum atomic E-state index is -0.458. The Morgan fingerprint density at radius 3 is 2.46 bits per heavy atom. The summed E-state index contributed by atoms with van der Waals surface area (Å²) in [4.78, 5) is 16.1. The Balaban J connectivity index is 1.48. The minimum Gasteiger partial charge on any atom is -0.382 e. The van der Waals surface area contributed by atoms with Gasteiger partial charge in [0.15, 0.2) is 0 Å². The maximum Gasteiger partial charge on any atom is 0.252 e. The molecule has 6 heteroatoms. The van der Waals surface area contributed by atoms with Crippen molar-refractivity contribution < 1.29 is 9.53 Å². The van der Waals surface area contributed by atoms with Gasteiger partial charge in [0.2, 0.25) is 0 Å². The maximum atomic E-state index is 11.8. The van der Waals surface area contributed by atoms with Crippen molar-refractivity contribution in [3.63, 3.8) is 0 Å². The number of nitrogens with zero attached hydrogens (tertiary/aromatic N) is 1. The van der Waals surface area contributed by atoms with Crippen molar-refractivity contribution >= 4 is 23.1 Å². The number of benzene rings is 1. The number of amides is 1. The molecule has 1 saturated heterocycles. The lowest BCUT2D eigenvalue weighted by Gasteiger charge is -2.22. The molecule has 1 aliphatic heterocycles. The summed E-state index contributed by atoms with van der Waals surface area (Å²) in [5, 5.41) is 6.81. The van der Waals surface area contributed by atoms with Gasteiger partial charge in [0, 0.05) is 37.2 Å². The van der Waals surface area contributed by atoms with Gasteiger partial charge in [-0.3, -0.25) is 4.79 Å². The molecule has 0 unspecified atom stereocenters. The van der Waals surface area contributed by atoms with Crippen molar-refractivity contribution in [2.75, 3.05) is 23.8 Å². The normalized spacial score (nSPS) is 18.1. The number of carbonyl (C=O) groups is 1. The number of hydrogen-bond donors (Lipinski definition) is 3.